The quantitative estimate of drug-likeness (QED) is 0.871. The molecule has 2 aliphatic rings. The van der Waals surface area contributed by atoms with Crippen LogP contribution in [0.5, 0.6) is 5.75 Å². The Labute approximate surface area is 142 Å². The van der Waals surface area contributed by atoms with Crippen molar-refractivity contribution in [2.45, 2.75) is 38.6 Å². The average molecular weight is 331 g/mol. The minimum absolute atomic E-state index is 0.0249. The number of likely N-dealkylation sites (tertiary alicyclic amines) is 1. The van der Waals surface area contributed by atoms with Gasteiger partial charge in [-0.1, -0.05) is 0 Å². The van der Waals surface area contributed by atoms with Gasteiger partial charge in [0.2, 0.25) is 5.91 Å². The molecule has 6 heteroatoms. The van der Waals surface area contributed by atoms with Crippen molar-refractivity contribution < 1.29 is 14.3 Å². The third kappa shape index (κ3) is 4.40. The Bertz CT molecular complexity index is 584. The number of hydrogen-bond acceptors (Lipinski definition) is 3. The lowest BCUT2D eigenvalue weighted by Crippen LogP contribution is -2.48. The number of urea groups is 1. The van der Waals surface area contributed by atoms with Crippen LogP contribution in [0.2, 0.25) is 0 Å². The van der Waals surface area contributed by atoms with Gasteiger partial charge in [-0.2, -0.15) is 0 Å². The number of amides is 3. The number of benzene rings is 1. The molecule has 2 N–H and O–H groups in total. The highest BCUT2D eigenvalue weighted by molar-refractivity contribution is 5.93. The number of ether oxygens (including phenoxy) is 1. The van der Waals surface area contributed by atoms with Gasteiger partial charge in [-0.05, 0) is 56.9 Å². The molecule has 1 saturated heterocycles. The number of nitrogens with zero attached hydrogens (tertiary/aromatic N) is 1. The molecule has 6 nitrogen and oxygen atoms in total. The molecule has 1 aromatic rings. The van der Waals surface area contributed by atoms with Crippen LogP contribution in [0, 0.1) is 5.92 Å². The van der Waals surface area contributed by atoms with Gasteiger partial charge in [0, 0.05) is 24.8 Å². The fourth-order valence-electron chi connectivity index (χ4n) is 2.91. The second-order valence-corrected chi connectivity index (χ2v) is 6.46. The van der Waals surface area contributed by atoms with Gasteiger partial charge in [-0.3, -0.25) is 4.79 Å². The van der Waals surface area contributed by atoms with E-state index < -0.39 is 0 Å². The summed E-state index contributed by atoms with van der Waals surface area (Å²) in [7, 11) is 0. The lowest BCUT2D eigenvalue weighted by Gasteiger charge is -2.32. The molecule has 0 spiro atoms. The van der Waals surface area contributed by atoms with Crippen LogP contribution in [-0.2, 0) is 4.79 Å². The number of carbonyl (C=O) groups excluding carboxylic acids is 2. The van der Waals surface area contributed by atoms with Crippen molar-refractivity contribution >= 4 is 17.6 Å². The molecule has 1 saturated carbocycles. The maximum Gasteiger partial charge on any atom is 0.317 e. The van der Waals surface area contributed by atoms with E-state index in [4.69, 9.17) is 4.74 Å². The highest BCUT2D eigenvalue weighted by Gasteiger charge is 2.31. The number of piperidine rings is 1. The van der Waals surface area contributed by atoms with Crippen molar-refractivity contribution in [3.05, 3.63) is 24.3 Å². The Morgan fingerprint density at radius 3 is 2.62 bits per heavy atom. The second kappa shape index (κ2) is 7.55. The van der Waals surface area contributed by atoms with E-state index in [0.29, 0.717) is 19.2 Å². The summed E-state index contributed by atoms with van der Waals surface area (Å²) < 4.78 is 5.40. The third-order valence-corrected chi connectivity index (χ3v) is 4.42. The van der Waals surface area contributed by atoms with Crippen LogP contribution in [0.25, 0.3) is 0 Å². The summed E-state index contributed by atoms with van der Waals surface area (Å²) in [5, 5.41) is 5.93. The number of anilines is 1. The van der Waals surface area contributed by atoms with Gasteiger partial charge in [0.05, 0.1) is 12.5 Å². The zero-order chi connectivity index (χ0) is 16.9. The summed E-state index contributed by atoms with van der Waals surface area (Å²) in [5.41, 5.74) is 0.753. The average Bonchev–Trinajstić information content (AvgIpc) is 3.41. The van der Waals surface area contributed by atoms with E-state index in [0.717, 1.165) is 43.7 Å². The molecular formula is C18H25N3O3. The van der Waals surface area contributed by atoms with Gasteiger partial charge in [0.15, 0.2) is 0 Å². The van der Waals surface area contributed by atoms with E-state index in [1.54, 1.807) is 4.90 Å². The summed E-state index contributed by atoms with van der Waals surface area (Å²) >= 11 is 0. The van der Waals surface area contributed by atoms with Crippen molar-refractivity contribution in [3.63, 3.8) is 0 Å². The third-order valence-electron chi connectivity index (χ3n) is 4.42. The fraction of sp³-hybridized carbons (Fsp3) is 0.556. The van der Waals surface area contributed by atoms with Gasteiger partial charge in [0.1, 0.15) is 5.75 Å². The Morgan fingerprint density at radius 2 is 1.96 bits per heavy atom. The van der Waals surface area contributed by atoms with E-state index in [9.17, 15) is 9.59 Å². The van der Waals surface area contributed by atoms with Crippen molar-refractivity contribution in [2.24, 2.45) is 5.92 Å². The Hall–Kier alpha value is -2.24. The number of carbonyl (C=O) groups is 2. The highest BCUT2D eigenvalue weighted by atomic mass is 16.5. The van der Waals surface area contributed by atoms with Crippen LogP contribution in [0.1, 0.15) is 32.6 Å². The van der Waals surface area contributed by atoms with Gasteiger partial charge >= 0.3 is 6.03 Å². The smallest absolute Gasteiger partial charge is 0.317 e. The number of rotatable bonds is 5. The minimum Gasteiger partial charge on any atom is -0.494 e. The van der Waals surface area contributed by atoms with Crippen LogP contribution < -0.4 is 15.4 Å². The van der Waals surface area contributed by atoms with Gasteiger partial charge in [-0.15, -0.1) is 0 Å². The topological polar surface area (TPSA) is 70.7 Å². The van der Waals surface area contributed by atoms with E-state index in [1.165, 1.54) is 0 Å². The van der Waals surface area contributed by atoms with Gasteiger partial charge in [-0.25, -0.2) is 4.79 Å². The molecule has 3 rings (SSSR count). The van der Waals surface area contributed by atoms with Crippen molar-refractivity contribution in [1.29, 1.82) is 0 Å². The molecule has 1 aliphatic carbocycles. The molecule has 2 fully saturated rings. The lowest BCUT2D eigenvalue weighted by molar-refractivity contribution is -0.121. The molecule has 1 atom stereocenters. The Balaban J connectivity index is 1.52. The molecule has 24 heavy (non-hydrogen) atoms. The zero-order valence-electron chi connectivity index (χ0n) is 14.1. The van der Waals surface area contributed by atoms with E-state index in [-0.39, 0.29) is 17.9 Å². The van der Waals surface area contributed by atoms with Crippen LogP contribution in [0.4, 0.5) is 10.5 Å². The maximum absolute atomic E-state index is 12.5. The molecule has 1 aromatic carbocycles. The van der Waals surface area contributed by atoms with E-state index in [2.05, 4.69) is 10.6 Å². The van der Waals surface area contributed by atoms with Crippen molar-refractivity contribution in [1.82, 2.24) is 10.2 Å². The van der Waals surface area contributed by atoms with Crippen molar-refractivity contribution in [3.8, 4) is 5.75 Å². The first kappa shape index (κ1) is 16.6. The molecule has 0 aromatic heterocycles. The molecular weight excluding hydrogens is 306 g/mol. The highest BCUT2D eigenvalue weighted by Crippen LogP contribution is 2.22. The standard InChI is InChI=1S/C18H25N3O3/c1-2-24-16-9-7-14(8-10-16)19-17(22)13-4-3-11-21(12-13)18(23)20-15-5-6-15/h7-10,13,15H,2-6,11-12H2,1H3,(H,19,22)(H,20,23). The molecule has 130 valence electrons. The van der Waals surface area contributed by atoms with E-state index in [1.807, 2.05) is 31.2 Å². The van der Waals surface area contributed by atoms with Crippen LogP contribution in [-0.4, -0.2) is 42.6 Å². The molecule has 3 amide bonds. The largest absolute Gasteiger partial charge is 0.494 e. The predicted molar refractivity (Wildman–Crippen MR) is 92.1 cm³/mol. The monoisotopic (exact) mass is 331 g/mol. The molecule has 0 bridgehead atoms. The SMILES string of the molecule is CCOc1ccc(NC(=O)C2CCCN(C(=O)NC3CC3)C2)cc1. The van der Waals surface area contributed by atoms with Crippen molar-refractivity contribution in [2.75, 3.05) is 25.0 Å². The Kier molecular flexibility index (Phi) is 5.23. The van der Waals surface area contributed by atoms with Gasteiger partial charge in [0.25, 0.3) is 0 Å². The second-order valence-electron chi connectivity index (χ2n) is 6.46. The molecule has 1 unspecified atom stereocenters. The van der Waals surface area contributed by atoms with Gasteiger partial charge < -0.3 is 20.3 Å². The van der Waals surface area contributed by atoms with Crippen LogP contribution >= 0.6 is 0 Å². The number of hydrogen-bond donors (Lipinski definition) is 2. The summed E-state index contributed by atoms with van der Waals surface area (Å²) in [5.74, 6) is 0.606. The predicted octanol–water partition coefficient (Wildman–Crippen LogP) is 2.61. The van der Waals surface area contributed by atoms with Crippen LogP contribution in [0.3, 0.4) is 0 Å². The Morgan fingerprint density at radius 1 is 1.21 bits per heavy atom. The molecule has 0 radical (unpaired) electrons. The zero-order valence-corrected chi connectivity index (χ0v) is 14.1. The summed E-state index contributed by atoms with van der Waals surface area (Å²) in [4.78, 5) is 26.4. The minimum atomic E-state index is -0.157. The van der Waals surface area contributed by atoms with E-state index >= 15 is 0 Å². The first-order valence-corrected chi connectivity index (χ1v) is 8.75. The fourth-order valence-corrected chi connectivity index (χ4v) is 2.91. The summed E-state index contributed by atoms with van der Waals surface area (Å²) in [6.45, 7) is 3.77. The van der Waals surface area contributed by atoms with Crippen LogP contribution in [0.15, 0.2) is 24.3 Å². The number of nitrogens with one attached hydrogen (secondary N) is 2. The summed E-state index contributed by atoms with van der Waals surface area (Å²) in [6, 6.07) is 7.67. The first-order valence-electron chi connectivity index (χ1n) is 8.75. The maximum atomic E-state index is 12.5. The first-order chi connectivity index (χ1) is 11.7. The summed E-state index contributed by atoms with van der Waals surface area (Å²) in [6.07, 6.45) is 3.82. The lowest BCUT2D eigenvalue weighted by atomic mass is 9.97. The molecule has 1 heterocycles. The normalized spacial score (nSPS) is 20.4. The molecule has 1 aliphatic heterocycles.